The van der Waals surface area contributed by atoms with Crippen LogP contribution in [0.15, 0.2) is 29.1 Å². The molecule has 1 amide bonds. The van der Waals surface area contributed by atoms with Crippen molar-refractivity contribution >= 4 is 5.91 Å². The third kappa shape index (κ3) is 4.31. The van der Waals surface area contributed by atoms with Gasteiger partial charge < -0.3 is 15.0 Å². The lowest BCUT2D eigenvalue weighted by atomic mass is 9.97. The Labute approximate surface area is 153 Å². The van der Waals surface area contributed by atoms with Crippen molar-refractivity contribution in [2.24, 2.45) is 5.92 Å². The van der Waals surface area contributed by atoms with Gasteiger partial charge in [0.25, 0.3) is 5.56 Å². The first kappa shape index (κ1) is 18.2. The van der Waals surface area contributed by atoms with E-state index in [2.05, 4.69) is 21.4 Å². The van der Waals surface area contributed by atoms with E-state index in [9.17, 15) is 9.59 Å². The highest BCUT2D eigenvalue weighted by atomic mass is 16.5. The standard InChI is InChI=1S/C20H25N3O3/c1-3-18-22-13(2)16(20(25)23-18)11-19(24)21-12-14-8-9-26-17-7-5-4-6-15(17)10-14/h4-7,14H,3,8-12H2,1-2H3,(H,21,24)(H,22,23,25)/t14-/m1/s1. The van der Waals surface area contributed by atoms with Crippen LogP contribution in [0.2, 0.25) is 0 Å². The first-order valence-corrected chi connectivity index (χ1v) is 9.13. The number of aromatic nitrogens is 2. The van der Waals surface area contributed by atoms with Crippen LogP contribution >= 0.6 is 0 Å². The van der Waals surface area contributed by atoms with Gasteiger partial charge in [0.1, 0.15) is 11.6 Å². The lowest BCUT2D eigenvalue weighted by Crippen LogP contribution is -2.33. The number of nitrogens with zero attached hydrogens (tertiary/aromatic N) is 1. The molecule has 2 N–H and O–H groups in total. The normalized spacial score (nSPS) is 16.3. The second-order valence-corrected chi connectivity index (χ2v) is 6.73. The zero-order valence-corrected chi connectivity index (χ0v) is 15.3. The molecular formula is C20H25N3O3. The van der Waals surface area contributed by atoms with E-state index in [0.717, 1.165) is 18.6 Å². The number of carbonyl (C=O) groups is 1. The predicted octanol–water partition coefficient (Wildman–Crippen LogP) is 1.94. The van der Waals surface area contributed by atoms with E-state index in [1.807, 2.05) is 25.1 Å². The molecule has 1 atom stereocenters. The van der Waals surface area contributed by atoms with E-state index in [0.29, 0.717) is 42.6 Å². The van der Waals surface area contributed by atoms with Crippen LogP contribution in [0, 0.1) is 12.8 Å². The number of hydrogen-bond donors (Lipinski definition) is 2. The minimum absolute atomic E-state index is 0.0535. The molecule has 6 heteroatoms. The number of benzene rings is 1. The summed E-state index contributed by atoms with van der Waals surface area (Å²) < 4.78 is 5.77. The smallest absolute Gasteiger partial charge is 0.254 e. The highest BCUT2D eigenvalue weighted by Crippen LogP contribution is 2.26. The van der Waals surface area contributed by atoms with Gasteiger partial charge in [0.15, 0.2) is 0 Å². The third-order valence-electron chi connectivity index (χ3n) is 4.80. The van der Waals surface area contributed by atoms with Gasteiger partial charge in [-0.1, -0.05) is 25.1 Å². The lowest BCUT2D eigenvalue weighted by Gasteiger charge is -2.15. The van der Waals surface area contributed by atoms with Crippen LogP contribution in [0.25, 0.3) is 0 Å². The number of fused-ring (bicyclic) bond motifs is 1. The summed E-state index contributed by atoms with van der Waals surface area (Å²) in [6.07, 6.45) is 2.48. The molecule has 1 aliphatic heterocycles. The average molecular weight is 355 g/mol. The summed E-state index contributed by atoms with van der Waals surface area (Å²) in [5, 5.41) is 2.97. The molecule has 0 bridgehead atoms. The number of para-hydroxylation sites is 1. The molecule has 0 unspecified atom stereocenters. The molecule has 1 aromatic heterocycles. The van der Waals surface area contributed by atoms with Gasteiger partial charge in [0, 0.05) is 24.2 Å². The van der Waals surface area contributed by atoms with Gasteiger partial charge in [-0.25, -0.2) is 4.98 Å². The van der Waals surface area contributed by atoms with Gasteiger partial charge in [0.05, 0.1) is 13.0 Å². The van der Waals surface area contributed by atoms with E-state index in [4.69, 9.17) is 4.74 Å². The fourth-order valence-electron chi connectivity index (χ4n) is 3.26. The Morgan fingerprint density at radius 1 is 1.38 bits per heavy atom. The molecule has 1 aromatic carbocycles. The Hall–Kier alpha value is -2.63. The van der Waals surface area contributed by atoms with Gasteiger partial charge >= 0.3 is 0 Å². The van der Waals surface area contributed by atoms with E-state index >= 15 is 0 Å². The lowest BCUT2D eigenvalue weighted by molar-refractivity contribution is -0.120. The molecule has 0 saturated carbocycles. The minimum Gasteiger partial charge on any atom is -0.493 e. The number of rotatable bonds is 5. The molecule has 3 rings (SSSR count). The van der Waals surface area contributed by atoms with Crippen molar-refractivity contribution in [3.63, 3.8) is 0 Å². The molecule has 2 aromatic rings. The Morgan fingerprint density at radius 2 is 2.19 bits per heavy atom. The van der Waals surface area contributed by atoms with Crippen LogP contribution < -0.4 is 15.6 Å². The number of H-pyrrole nitrogens is 1. The van der Waals surface area contributed by atoms with Gasteiger partial charge in [-0.3, -0.25) is 9.59 Å². The first-order valence-electron chi connectivity index (χ1n) is 9.13. The number of ether oxygens (including phenoxy) is 1. The molecule has 0 spiro atoms. The summed E-state index contributed by atoms with van der Waals surface area (Å²) in [6.45, 7) is 4.93. The zero-order valence-electron chi connectivity index (χ0n) is 15.3. The van der Waals surface area contributed by atoms with Crippen molar-refractivity contribution < 1.29 is 9.53 Å². The molecule has 26 heavy (non-hydrogen) atoms. The van der Waals surface area contributed by atoms with Gasteiger partial charge in [-0.05, 0) is 37.3 Å². The fourth-order valence-corrected chi connectivity index (χ4v) is 3.26. The van der Waals surface area contributed by atoms with Crippen molar-refractivity contribution in [3.05, 3.63) is 57.3 Å². The van der Waals surface area contributed by atoms with Crippen LogP contribution in [-0.4, -0.2) is 29.0 Å². The Kier molecular flexibility index (Phi) is 5.71. The second-order valence-electron chi connectivity index (χ2n) is 6.73. The maximum absolute atomic E-state index is 12.3. The summed E-state index contributed by atoms with van der Waals surface area (Å²) in [5.74, 6) is 1.75. The van der Waals surface area contributed by atoms with Crippen molar-refractivity contribution in [1.82, 2.24) is 15.3 Å². The number of aromatic amines is 1. The number of amides is 1. The monoisotopic (exact) mass is 355 g/mol. The Morgan fingerprint density at radius 3 is 2.96 bits per heavy atom. The Bertz CT molecular complexity index is 844. The van der Waals surface area contributed by atoms with Crippen LogP contribution in [0.4, 0.5) is 0 Å². The molecule has 0 radical (unpaired) electrons. The second kappa shape index (κ2) is 8.17. The van der Waals surface area contributed by atoms with E-state index in [-0.39, 0.29) is 17.9 Å². The molecule has 6 nitrogen and oxygen atoms in total. The number of hydrogen-bond acceptors (Lipinski definition) is 4. The molecule has 1 aliphatic rings. The van der Waals surface area contributed by atoms with Crippen molar-refractivity contribution in [1.29, 1.82) is 0 Å². The summed E-state index contributed by atoms with van der Waals surface area (Å²) in [7, 11) is 0. The average Bonchev–Trinajstić information content (AvgIpc) is 2.84. The van der Waals surface area contributed by atoms with E-state index in [1.165, 1.54) is 5.56 Å². The van der Waals surface area contributed by atoms with Gasteiger partial charge in [-0.2, -0.15) is 0 Å². The molecular weight excluding hydrogens is 330 g/mol. The van der Waals surface area contributed by atoms with Crippen LogP contribution in [0.5, 0.6) is 5.75 Å². The fraction of sp³-hybridized carbons (Fsp3) is 0.450. The minimum atomic E-state index is -0.221. The highest BCUT2D eigenvalue weighted by Gasteiger charge is 2.19. The zero-order chi connectivity index (χ0) is 18.5. The van der Waals surface area contributed by atoms with Crippen LogP contribution in [0.1, 0.15) is 36.0 Å². The largest absolute Gasteiger partial charge is 0.493 e. The van der Waals surface area contributed by atoms with Crippen LogP contribution in [0.3, 0.4) is 0 Å². The van der Waals surface area contributed by atoms with Crippen molar-refractivity contribution in [2.75, 3.05) is 13.2 Å². The first-order chi connectivity index (χ1) is 12.6. The van der Waals surface area contributed by atoms with Gasteiger partial charge in [0.2, 0.25) is 5.91 Å². The molecule has 0 fully saturated rings. The van der Waals surface area contributed by atoms with Crippen molar-refractivity contribution in [3.8, 4) is 5.75 Å². The SMILES string of the molecule is CCc1nc(C)c(CC(=O)NC[C@@H]2CCOc3ccccc3C2)c(=O)[nH]1. The van der Waals surface area contributed by atoms with Crippen LogP contribution in [-0.2, 0) is 24.1 Å². The third-order valence-corrected chi connectivity index (χ3v) is 4.80. The number of carbonyl (C=O) groups excluding carboxylic acids is 1. The van der Waals surface area contributed by atoms with Gasteiger partial charge in [-0.15, -0.1) is 0 Å². The molecule has 0 saturated heterocycles. The summed E-state index contributed by atoms with van der Waals surface area (Å²) in [5.41, 5.74) is 2.02. The maximum Gasteiger partial charge on any atom is 0.254 e. The highest BCUT2D eigenvalue weighted by molar-refractivity contribution is 5.78. The number of nitrogens with one attached hydrogen (secondary N) is 2. The maximum atomic E-state index is 12.3. The number of aryl methyl sites for hydroxylation is 2. The van der Waals surface area contributed by atoms with E-state index in [1.54, 1.807) is 6.92 Å². The van der Waals surface area contributed by atoms with Crippen molar-refractivity contribution in [2.45, 2.75) is 39.5 Å². The quantitative estimate of drug-likeness (QED) is 0.858. The topological polar surface area (TPSA) is 84.1 Å². The molecule has 0 aliphatic carbocycles. The summed E-state index contributed by atoms with van der Waals surface area (Å²) in [4.78, 5) is 31.5. The molecule has 138 valence electrons. The van der Waals surface area contributed by atoms with E-state index < -0.39 is 0 Å². The Balaban J connectivity index is 1.59. The predicted molar refractivity (Wildman–Crippen MR) is 99.4 cm³/mol. The summed E-state index contributed by atoms with van der Waals surface area (Å²) in [6, 6.07) is 8.03. The summed E-state index contributed by atoms with van der Waals surface area (Å²) >= 11 is 0. The molecule has 2 heterocycles.